The molecule has 0 atom stereocenters. The summed E-state index contributed by atoms with van der Waals surface area (Å²) in [6.45, 7) is 7.05. The number of hydrogen-bond acceptors (Lipinski definition) is 8. The molecule has 0 unspecified atom stereocenters. The van der Waals surface area contributed by atoms with Gasteiger partial charge in [0.25, 0.3) is 5.91 Å². The smallest absolute Gasteiger partial charge is 0.253 e. The number of hydrogen-bond donors (Lipinski definition) is 1. The number of nitrogens with zero attached hydrogens (tertiary/aromatic N) is 6. The van der Waals surface area contributed by atoms with Crippen molar-refractivity contribution in [2.45, 2.75) is 43.5 Å². The van der Waals surface area contributed by atoms with Crippen LogP contribution >= 0.6 is 0 Å². The van der Waals surface area contributed by atoms with E-state index >= 15 is 0 Å². The van der Waals surface area contributed by atoms with Crippen molar-refractivity contribution in [2.24, 2.45) is 0 Å². The van der Waals surface area contributed by atoms with Gasteiger partial charge in [0, 0.05) is 75.2 Å². The minimum absolute atomic E-state index is 0.0301. The van der Waals surface area contributed by atoms with Gasteiger partial charge >= 0.3 is 0 Å². The lowest BCUT2D eigenvalue weighted by Gasteiger charge is -2.36. The predicted molar refractivity (Wildman–Crippen MR) is 168 cm³/mol. The quantitative estimate of drug-likeness (QED) is 0.429. The Morgan fingerprint density at radius 3 is 2.07 bits per heavy atom. The van der Waals surface area contributed by atoms with Gasteiger partial charge in [0.05, 0.1) is 10.6 Å². The predicted octanol–water partition coefficient (Wildman–Crippen LogP) is 3.44. The SMILES string of the molecule is CC(=O)N1CCN(C(=O)c2ccc(Nc3nccc(-c4ccc(S(=O)(=O)N5CCC(N6CCCC6)CC5)cc4)n3)cc2)CC1. The number of likely N-dealkylation sites (tertiary alicyclic amines) is 1. The van der Waals surface area contributed by atoms with Crippen LogP contribution in [0, 0.1) is 0 Å². The highest BCUT2D eigenvalue weighted by Gasteiger charge is 2.32. The molecule has 11 nitrogen and oxygen atoms in total. The van der Waals surface area contributed by atoms with Crippen molar-refractivity contribution in [3.63, 3.8) is 0 Å². The number of carbonyl (C=O) groups excluding carboxylic acids is 2. The molecule has 44 heavy (non-hydrogen) atoms. The van der Waals surface area contributed by atoms with Crippen molar-refractivity contribution in [1.29, 1.82) is 0 Å². The maximum absolute atomic E-state index is 13.4. The van der Waals surface area contributed by atoms with Crippen molar-refractivity contribution in [2.75, 3.05) is 57.7 Å². The Morgan fingerprint density at radius 1 is 0.795 bits per heavy atom. The normalized spacial score (nSPS) is 18.8. The third-order valence-corrected chi connectivity index (χ3v) is 10.8. The fourth-order valence-corrected chi connectivity index (χ4v) is 7.78. The molecule has 0 bridgehead atoms. The first kappa shape index (κ1) is 30.2. The molecule has 4 heterocycles. The van der Waals surface area contributed by atoms with Gasteiger partial charge in [0.1, 0.15) is 0 Å². The molecule has 2 amide bonds. The lowest BCUT2D eigenvalue weighted by Crippen LogP contribution is -2.50. The van der Waals surface area contributed by atoms with E-state index in [1.807, 2.05) is 12.1 Å². The highest BCUT2D eigenvalue weighted by Crippen LogP contribution is 2.27. The number of anilines is 2. The van der Waals surface area contributed by atoms with Crippen LogP contribution in [0.5, 0.6) is 0 Å². The Bertz CT molecular complexity index is 1580. The van der Waals surface area contributed by atoms with Crippen LogP contribution < -0.4 is 5.32 Å². The standard InChI is InChI=1S/C32H39N7O4S/c1-24(40)36-20-22-38(23-21-36)31(41)26-4-8-27(9-5-26)34-32-33-15-12-30(35-32)25-6-10-29(11-7-25)44(42,43)39-18-13-28(14-19-39)37-16-2-3-17-37/h4-12,15,28H,2-3,13-14,16-23H2,1H3,(H,33,34,35). The third kappa shape index (κ3) is 6.62. The van der Waals surface area contributed by atoms with Gasteiger partial charge in [-0.3, -0.25) is 9.59 Å². The second kappa shape index (κ2) is 13.0. The zero-order valence-corrected chi connectivity index (χ0v) is 25.9. The number of sulfonamides is 1. The van der Waals surface area contributed by atoms with Crippen LogP contribution in [0.25, 0.3) is 11.3 Å². The summed E-state index contributed by atoms with van der Waals surface area (Å²) < 4.78 is 28.3. The second-order valence-electron chi connectivity index (χ2n) is 11.7. The van der Waals surface area contributed by atoms with Crippen molar-refractivity contribution in [3.05, 3.63) is 66.4 Å². The lowest BCUT2D eigenvalue weighted by molar-refractivity contribution is -0.130. The first-order chi connectivity index (χ1) is 21.3. The molecule has 3 aliphatic rings. The molecule has 0 saturated carbocycles. The number of amides is 2. The zero-order valence-electron chi connectivity index (χ0n) is 25.1. The number of piperidine rings is 1. The van der Waals surface area contributed by atoms with Crippen LogP contribution in [0.1, 0.15) is 43.0 Å². The van der Waals surface area contributed by atoms with Gasteiger partial charge in [-0.05, 0) is 81.2 Å². The maximum Gasteiger partial charge on any atom is 0.253 e. The number of carbonyl (C=O) groups is 2. The van der Waals surface area contributed by atoms with Gasteiger partial charge in [-0.2, -0.15) is 4.31 Å². The van der Waals surface area contributed by atoms with E-state index < -0.39 is 10.0 Å². The molecule has 1 N–H and O–H groups in total. The highest BCUT2D eigenvalue weighted by molar-refractivity contribution is 7.89. The first-order valence-corrected chi connectivity index (χ1v) is 16.8. The number of piperazine rings is 1. The van der Waals surface area contributed by atoms with Crippen LogP contribution in [0.15, 0.2) is 65.7 Å². The molecule has 12 heteroatoms. The number of aromatic nitrogens is 2. The van der Waals surface area contributed by atoms with E-state index in [1.165, 1.54) is 12.8 Å². The summed E-state index contributed by atoms with van der Waals surface area (Å²) in [7, 11) is -3.55. The molecule has 232 valence electrons. The van der Waals surface area contributed by atoms with E-state index in [9.17, 15) is 18.0 Å². The van der Waals surface area contributed by atoms with Gasteiger partial charge in [-0.25, -0.2) is 18.4 Å². The molecular weight excluding hydrogens is 578 g/mol. The van der Waals surface area contributed by atoms with E-state index in [-0.39, 0.29) is 11.8 Å². The fraction of sp³-hybridized carbons (Fsp3) is 0.438. The third-order valence-electron chi connectivity index (χ3n) is 8.92. The van der Waals surface area contributed by atoms with Crippen LogP contribution in [0.4, 0.5) is 11.6 Å². The molecule has 2 aromatic carbocycles. The van der Waals surface area contributed by atoms with Crippen LogP contribution in [-0.2, 0) is 14.8 Å². The number of nitrogens with one attached hydrogen (secondary N) is 1. The Balaban J connectivity index is 1.06. The first-order valence-electron chi connectivity index (χ1n) is 15.4. The molecule has 0 radical (unpaired) electrons. The van der Waals surface area contributed by atoms with Crippen LogP contribution in [0.3, 0.4) is 0 Å². The van der Waals surface area contributed by atoms with Crippen molar-refractivity contribution in [1.82, 2.24) is 29.0 Å². The van der Waals surface area contributed by atoms with Gasteiger partial charge in [-0.1, -0.05) is 12.1 Å². The lowest BCUT2D eigenvalue weighted by atomic mass is 10.1. The fourth-order valence-electron chi connectivity index (χ4n) is 6.31. The molecule has 3 aliphatic heterocycles. The second-order valence-corrected chi connectivity index (χ2v) is 13.6. The minimum Gasteiger partial charge on any atom is -0.339 e. The maximum atomic E-state index is 13.4. The van der Waals surface area contributed by atoms with E-state index in [0.29, 0.717) is 67.4 Å². The number of rotatable bonds is 7. The van der Waals surface area contributed by atoms with Crippen molar-refractivity contribution in [3.8, 4) is 11.3 Å². The molecule has 0 aliphatic carbocycles. The average molecular weight is 618 g/mol. The van der Waals surface area contributed by atoms with Crippen molar-refractivity contribution >= 4 is 33.5 Å². The van der Waals surface area contributed by atoms with E-state index in [4.69, 9.17) is 0 Å². The summed E-state index contributed by atoms with van der Waals surface area (Å²) in [6.07, 6.45) is 5.90. The molecule has 3 fully saturated rings. The minimum atomic E-state index is -3.55. The summed E-state index contributed by atoms with van der Waals surface area (Å²) in [5, 5.41) is 3.18. The topological polar surface area (TPSA) is 119 Å². The molecular formula is C32H39N7O4S. The highest BCUT2D eigenvalue weighted by atomic mass is 32.2. The largest absolute Gasteiger partial charge is 0.339 e. The van der Waals surface area contributed by atoms with Gasteiger partial charge in [-0.15, -0.1) is 0 Å². The van der Waals surface area contributed by atoms with E-state index in [2.05, 4.69) is 20.2 Å². The van der Waals surface area contributed by atoms with E-state index in [1.54, 1.807) is 69.7 Å². The van der Waals surface area contributed by atoms with Crippen molar-refractivity contribution < 1.29 is 18.0 Å². The van der Waals surface area contributed by atoms with Gasteiger partial charge in [0.15, 0.2) is 0 Å². The molecule has 3 saturated heterocycles. The summed E-state index contributed by atoms with van der Waals surface area (Å²) in [5.41, 5.74) is 2.75. The van der Waals surface area contributed by atoms with Gasteiger partial charge < -0.3 is 20.0 Å². The van der Waals surface area contributed by atoms with Gasteiger partial charge in [0.2, 0.25) is 21.9 Å². The molecule has 1 aromatic heterocycles. The summed E-state index contributed by atoms with van der Waals surface area (Å²) >= 11 is 0. The van der Waals surface area contributed by atoms with E-state index in [0.717, 1.165) is 37.2 Å². The molecule has 6 rings (SSSR count). The summed E-state index contributed by atoms with van der Waals surface area (Å²) in [4.78, 5) is 39.8. The summed E-state index contributed by atoms with van der Waals surface area (Å²) in [6, 6.07) is 16.3. The Morgan fingerprint density at radius 2 is 1.43 bits per heavy atom. The Kier molecular flexibility index (Phi) is 8.92. The van der Waals surface area contributed by atoms with Crippen LogP contribution in [-0.4, -0.2) is 108 Å². The Labute approximate surface area is 258 Å². The average Bonchev–Trinajstić information content (AvgIpc) is 3.61. The molecule has 0 spiro atoms. The van der Waals surface area contributed by atoms with Crippen LogP contribution in [0.2, 0.25) is 0 Å². The Hall–Kier alpha value is -3.87. The number of benzene rings is 2. The monoisotopic (exact) mass is 617 g/mol. The molecule has 3 aromatic rings. The zero-order chi connectivity index (χ0) is 30.7. The summed E-state index contributed by atoms with van der Waals surface area (Å²) in [5.74, 6) is 0.358.